The molecule has 2 aromatic rings. The van der Waals surface area contributed by atoms with Gasteiger partial charge in [-0.25, -0.2) is 9.67 Å². The van der Waals surface area contributed by atoms with Crippen LogP contribution in [0.4, 0.5) is 0 Å². The predicted molar refractivity (Wildman–Crippen MR) is 84.4 cm³/mol. The van der Waals surface area contributed by atoms with E-state index >= 15 is 0 Å². The van der Waals surface area contributed by atoms with Gasteiger partial charge in [-0.15, -0.1) is 16.4 Å². The highest BCUT2D eigenvalue weighted by Gasteiger charge is 2.23. The van der Waals surface area contributed by atoms with Crippen LogP contribution in [-0.4, -0.2) is 37.0 Å². The molecule has 23 heavy (non-hydrogen) atoms. The molecule has 8 nitrogen and oxygen atoms in total. The zero-order chi connectivity index (χ0) is 17.2. The molecule has 2 rings (SSSR count). The summed E-state index contributed by atoms with van der Waals surface area (Å²) in [6, 6.07) is 0. The van der Waals surface area contributed by atoms with Crippen LogP contribution in [0.15, 0.2) is 6.20 Å². The number of carboxylic acid groups (broad SMARTS) is 1. The van der Waals surface area contributed by atoms with E-state index < -0.39 is 5.97 Å². The minimum absolute atomic E-state index is 0.104. The molecule has 0 aliphatic heterocycles. The highest BCUT2D eigenvalue weighted by Crippen LogP contribution is 2.29. The summed E-state index contributed by atoms with van der Waals surface area (Å²) in [5.74, 6) is -1.22. The number of carbonyl (C=O) groups is 2. The lowest BCUT2D eigenvalue weighted by atomic mass is 9.98. The minimum atomic E-state index is -1.000. The fraction of sp³-hybridized carbons (Fsp3) is 0.500. The third-order valence-corrected chi connectivity index (χ3v) is 4.54. The van der Waals surface area contributed by atoms with Gasteiger partial charge in [0, 0.05) is 5.41 Å². The number of aromatic nitrogens is 4. The van der Waals surface area contributed by atoms with E-state index in [0.29, 0.717) is 16.3 Å². The van der Waals surface area contributed by atoms with E-state index in [1.807, 2.05) is 27.7 Å². The second kappa shape index (κ2) is 6.45. The molecule has 0 aliphatic rings. The maximum atomic E-state index is 12.3. The molecular formula is C14H19N5O3S. The van der Waals surface area contributed by atoms with Crippen molar-refractivity contribution >= 4 is 23.2 Å². The number of thiazole rings is 1. The number of aryl methyl sites for hydroxylation is 1. The van der Waals surface area contributed by atoms with Crippen LogP contribution in [0.5, 0.6) is 0 Å². The zero-order valence-electron chi connectivity index (χ0n) is 13.5. The van der Waals surface area contributed by atoms with E-state index in [1.165, 1.54) is 22.2 Å². The van der Waals surface area contributed by atoms with Crippen molar-refractivity contribution in [3.8, 4) is 0 Å². The number of nitrogens with one attached hydrogen (secondary N) is 1. The summed E-state index contributed by atoms with van der Waals surface area (Å²) >= 11 is 1.38. The van der Waals surface area contributed by atoms with Crippen LogP contribution in [0.1, 0.15) is 46.8 Å². The third kappa shape index (κ3) is 4.35. The molecule has 0 unspecified atom stereocenters. The first kappa shape index (κ1) is 17.1. The smallest absolute Gasteiger partial charge is 0.325 e. The number of carbonyl (C=O) groups excluding carboxylic acids is 1. The molecule has 0 saturated carbocycles. The lowest BCUT2D eigenvalue weighted by molar-refractivity contribution is -0.137. The van der Waals surface area contributed by atoms with Crippen molar-refractivity contribution < 1.29 is 14.7 Å². The second-order valence-electron chi connectivity index (χ2n) is 6.17. The molecule has 0 fully saturated rings. The standard InChI is InChI=1S/C14H19N5O3S/c1-8-11(23-13(16-8)14(2,3)4)12(22)15-5-9-6-19(18-17-9)7-10(20)21/h6H,5,7H2,1-4H3,(H,15,22)(H,20,21). The van der Waals surface area contributed by atoms with Crippen LogP contribution < -0.4 is 5.32 Å². The monoisotopic (exact) mass is 337 g/mol. The largest absolute Gasteiger partial charge is 0.480 e. The van der Waals surface area contributed by atoms with Crippen molar-refractivity contribution in [2.24, 2.45) is 0 Å². The first-order valence-electron chi connectivity index (χ1n) is 7.03. The molecule has 0 radical (unpaired) electrons. The Hall–Kier alpha value is -2.29. The third-order valence-electron chi connectivity index (χ3n) is 2.96. The molecule has 2 heterocycles. The summed E-state index contributed by atoms with van der Waals surface area (Å²) in [7, 11) is 0. The van der Waals surface area contributed by atoms with E-state index in [9.17, 15) is 9.59 Å². The summed E-state index contributed by atoms with van der Waals surface area (Å²) in [5, 5.41) is 19.9. The molecule has 0 aliphatic carbocycles. The summed E-state index contributed by atoms with van der Waals surface area (Å²) in [6.45, 7) is 7.88. The first-order valence-corrected chi connectivity index (χ1v) is 7.85. The van der Waals surface area contributed by atoms with Gasteiger partial charge in [-0.05, 0) is 6.92 Å². The Kier molecular flexibility index (Phi) is 4.79. The molecular weight excluding hydrogens is 318 g/mol. The van der Waals surface area contributed by atoms with Gasteiger partial charge in [-0.2, -0.15) is 0 Å². The average molecular weight is 337 g/mol. The fourth-order valence-corrected chi connectivity index (χ4v) is 2.85. The number of amides is 1. The Balaban J connectivity index is 2.01. The van der Waals surface area contributed by atoms with Crippen molar-refractivity contribution in [3.63, 3.8) is 0 Å². The zero-order valence-corrected chi connectivity index (χ0v) is 14.3. The van der Waals surface area contributed by atoms with Gasteiger partial charge in [0.2, 0.25) is 0 Å². The lowest BCUT2D eigenvalue weighted by Gasteiger charge is -2.13. The SMILES string of the molecule is Cc1nc(C(C)(C)C)sc1C(=O)NCc1cn(CC(=O)O)nn1. The van der Waals surface area contributed by atoms with Crippen molar-refractivity contribution in [1.82, 2.24) is 25.3 Å². The van der Waals surface area contributed by atoms with Crippen LogP contribution >= 0.6 is 11.3 Å². The number of carboxylic acids is 1. The normalized spacial score (nSPS) is 11.5. The highest BCUT2D eigenvalue weighted by molar-refractivity contribution is 7.14. The van der Waals surface area contributed by atoms with Crippen LogP contribution in [0.3, 0.4) is 0 Å². The Morgan fingerprint density at radius 2 is 2.09 bits per heavy atom. The summed E-state index contributed by atoms with van der Waals surface area (Å²) < 4.78 is 1.21. The quantitative estimate of drug-likeness (QED) is 0.852. The number of rotatable bonds is 5. The molecule has 0 atom stereocenters. The van der Waals surface area contributed by atoms with Crippen molar-refractivity contribution in [2.45, 2.75) is 46.2 Å². The second-order valence-corrected chi connectivity index (χ2v) is 7.17. The van der Waals surface area contributed by atoms with Gasteiger partial charge in [0.25, 0.3) is 5.91 Å². The molecule has 0 saturated heterocycles. The Morgan fingerprint density at radius 3 is 2.65 bits per heavy atom. The van der Waals surface area contributed by atoms with Gasteiger partial charge in [0.1, 0.15) is 17.1 Å². The summed E-state index contributed by atoms with van der Waals surface area (Å²) in [5.41, 5.74) is 1.10. The van der Waals surface area contributed by atoms with Crippen molar-refractivity contribution in [3.05, 3.63) is 27.5 Å². The lowest BCUT2D eigenvalue weighted by Crippen LogP contribution is -2.22. The highest BCUT2D eigenvalue weighted by atomic mass is 32.1. The van der Waals surface area contributed by atoms with Gasteiger partial charge in [0.05, 0.1) is 23.4 Å². The fourth-order valence-electron chi connectivity index (χ4n) is 1.81. The average Bonchev–Trinajstić information content (AvgIpc) is 3.01. The van der Waals surface area contributed by atoms with Crippen LogP contribution in [-0.2, 0) is 23.3 Å². The number of hydrogen-bond donors (Lipinski definition) is 2. The summed E-state index contributed by atoms with van der Waals surface area (Å²) in [6.07, 6.45) is 1.49. The minimum Gasteiger partial charge on any atom is -0.480 e. The predicted octanol–water partition coefficient (Wildman–Crippen LogP) is 1.36. The maximum Gasteiger partial charge on any atom is 0.325 e. The van der Waals surface area contributed by atoms with E-state index in [2.05, 4.69) is 20.6 Å². The van der Waals surface area contributed by atoms with E-state index in [0.717, 1.165) is 5.01 Å². The topological polar surface area (TPSA) is 110 Å². The maximum absolute atomic E-state index is 12.3. The van der Waals surface area contributed by atoms with Gasteiger partial charge in [-0.1, -0.05) is 26.0 Å². The molecule has 124 valence electrons. The Morgan fingerprint density at radius 1 is 1.39 bits per heavy atom. The van der Waals surface area contributed by atoms with E-state index in [-0.39, 0.29) is 24.4 Å². The number of nitrogens with zero attached hydrogens (tertiary/aromatic N) is 4. The van der Waals surface area contributed by atoms with Crippen molar-refractivity contribution in [1.29, 1.82) is 0 Å². The molecule has 0 aromatic carbocycles. The van der Waals surface area contributed by atoms with Gasteiger partial charge in [-0.3, -0.25) is 9.59 Å². The number of aliphatic carboxylic acids is 1. The Bertz CT molecular complexity index is 729. The van der Waals surface area contributed by atoms with E-state index in [4.69, 9.17) is 5.11 Å². The van der Waals surface area contributed by atoms with Crippen LogP contribution in [0.25, 0.3) is 0 Å². The first-order chi connectivity index (χ1) is 10.7. The molecule has 0 spiro atoms. The molecule has 1 amide bonds. The van der Waals surface area contributed by atoms with Gasteiger partial charge >= 0.3 is 5.97 Å². The van der Waals surface area contributed by atoms with E-state index in [1.54, 1.807) is 0 Å². The molecule has 2 N–H and O–H groups in total. The molecule has 0 bridgehead atoms. The summed E-state index contributed by atoms with van der Waals surface area (Å²) in [4.78, 5) is 27.9. The van der Waals surface area contributed by atoms with Gasteiger partial charge in [0.15, 0.2) is 0 Å². The molecule has 2 aromatic heterocycles. The molecule has 9 heteroatoms. The van der Waals surface area contributed by atoms with Gasteiger partial charge < -0.3 is 10.4 Å². The Labute approximate surface area is 137 Å². The number of hydrogen-bond acceptors (Lipinski definition) is 6. The van der Waals surface area contributed by atoms with Crippen LogP contribution in [0, 0.1) is 6.92 Å². The van der Waals surface area contributed by atoms with Crippen molar-refractivity contribution in [2.75, 3.05) is 0 Å². The van der Waals surface area contributed by atoms with Crippen LogP contribution in [0.2, 0.25) is 0 Å².